The minimum absolute atomic E-state index is 0.0187. The summed E-state index contributed by atoms with van der Waals surface area (Å²) in [6, 6.07) is 20.3. The lowest BCUT2D eigenvalue weighted by atomic mass is 9.76. The quantitative estimate of drug-likeness (QED) is 0.680. The summed E-state index contributed by atoms with van der Waals surface area (Å²) < 4.78 is 11.5. The fourth-order valence-corrected chi connectivity index (χ4v) is 3.83. The summed E-state index contributed by atoms with van der Waals surface area (Å²) in [5.74, 6) is -0.981. The van der Waals surface area contributed by atoms with Crippen molar-refractivity contribution < 1.29 is 14.6 Å². The zero-order valence-electron chi connectivity index (χ0n) is 13.0. The van der Waals surface area contributed by atoms with Crippen LogP contribution in [-0.4, -0.2) is 17.7 Å². The standard InChI is InChI=1S/C21H16O3/c22-21-12-11-15-6-2-4-8-17(15)20(21)19-16-7-3-1-5-14(16)9-10-18(19)23-13-24-21/h1-12,20,22H,13H2. The Labute approximate surface area is 139 Å². The second-order valence-corrected chi connectivity index (χ2v) is 6.25. The van der Waals surface area contributed by atoms with Gasteiger partial charge < -0.3 is 14.6 Å². The predicted octanol–water partition coefficient (Wildman–Crippen LogP) is 4.05. The maximum Gasteiger partial charge on any atom is 0.200 e. The smallest absolute Gasteiger partial charge is 0.200 e. The zero-order valence-corrected chi connectivity index (χ0v) is 13.0. The van der Waals surface area contributed by atoms with Crippen LogP contribution in [0.5, 0.6) is 5.75 Å². The average Bonchev–Trinajstić information content (AvgIpc) is 2.78. The molecule has 0 radical (unpaired) electrons. The molecule has 118 valence electrons. The third kappa shape index (κ3) is 1.86. The molecule has 2 unspecified atom stereocenters. The molecule has 5 rings (SSSR count). The first-order chi connectivity index (χ1) is 11.8. The molecule has 1 aliphatic heterocycles. The van der Waals surface area contributed by atoms with Gasteiger partial charge in [0.05, 0.1) is 5.92 Å². The molecule has 24 heavy (non-hydrogen) atoms. The van der Waals surface area contributed by atoms with E-state index in [1.54, 1.807) is 6.08 Å². The van der Waals surface area contributed by atoms with Crippen molar-refractivity contribution in [3.8, 4) is 5.75 Å². The molecule has 3 nitrogen and oxygen atoms in total. The third-order valence-corrected chi connectivity index (χ3v) is 4.95. The van der Waals surface area contributed by atoms with Crippen molar-refractivity contribution in [2.24, 2.45) is 0 Å². The number of fused-ring (bicyclic) bond motifs is 7. The van der Waals surface area contributed by atoms with Gasteiger partial charge in [-0.25, -0.2) is 0 Å². The van der Waals surface area contributed by atoms with Crippen molar-refractivity contribution in [3.05, 3.63) is 83.4 Å². The molecule has 0 saturated carbocycles. The number of benzene rings is 3. The zero-order chi connectivity index (χ0) is 16.1. The minimum Gasteiger partial charge on any atom is -0.467 e. The molecule has 0 saturated heterocycles. The van der Waals surface area contributed by atoms with Crippen molar-refractivity contribution >= 4 is 16.8 Å². The van der Waals surface area contributed by atoms with Crippen LogP contribution < -0.4 is 4.74 Å². The lowest BCUT2D eigenvalue weighted by Crippen LogP contribution is -2.39. The van der Waals surface area contributed by atoms with Gasteiger partial charge in [-0.15, -0.1) is 0 Å². The molecular formula is C21H16O3. The van der Waals surface area contributed by atoms with Crippen LogP contribution in [-0.2, 0) is 4.74 Å². The molecule has 0 amide bonds. The van der Waals surface area contributed by atoms with E-state index < -0.39 is 5.79 Å². The van der Waals surface area contributed by atoms with Gasteiger partial charge in [0.2, 0.25) is 5.79 Å². The summed E-state index contributed by atoms with van der Waals surface area (Å²) in [5, 5.41) is 13.4. The number of aliphatic hydroxyl groups is 1. The molecule has 1 N–H and O–H groups in total. The molecule has 0 aromatic heterocycles. The van der Waals surface area contributed by atoms with Crippen LogP contribution >= 0.6 is 0 Å². The first-order valence-corrected chi connectivity index (χ1v) is 8.05. The molecule has 2 atom stereocenters. The van der Waals surface area contributed by atoms with Crippen LogP contribution in [0.2, 0.25) is 0 Å². The largest absolute Gasteiger partial charge is 0.467 e. The van der Waals surface area contributed by atoms with E-state index in [4.69, 9.17) is 9.47 Å². The monoisotopic (exact) mass is 316 g/mol. The van der Waals surface area contributed by atoms with E-state index in [1.165, 1.54) is 0 Å². The van der Waals surface area contributed by atoms with Crippen LogP contribution in [0.3, 0.4) is 0 Å². The van der Waals surface area contributed by atoms with Crippen LogP contribution in [0.15, 0.2) is 66.7 Å². The van der Waals surface area contributed by atoms with Crippen molar-refractivity contribution in [1.29, 1.82) is 0 Å². The third-order valence-electron chi connectivity index (χ3n) is 4.95. The summed E-state index contributed by atoms with van der Waals surface area (Å²) in [6.45, 7) is 0.0187. The lowest BCUT2D eigenvalue weighted by Gasteiger charge is -2.35. The number of rotatable bonds is 0. The van der Waals surface area contributed by atoms with Crippen molar-refractivity contribution in [1.82, 2.24) is 0 Å². The normalized spacial score (nSPS) is 24.5. The van der Waals surface area contributed by atoms with E-state index in [2.05, 4.69) is 24.3 Å². The molecule has 3 aromatic rings. The van der Waals surface area contributed by atoms with E-state index in [0.717, 1.165) is 33.2 Å². The van der Waals surface area contributed by atoms with Crippen molar-refractivity contribution in [3.63, 3.8) is 0 Å². The molecule has 0 bridgehead atoms. The van der Waals surface area contributed by atoms with Gasteiger partial charge in [-0.3, -0.25) is 0 Å². The molecular weight excluding hydrogens is 300 g/mol. The van der Waals surface area contributed by atoms with Gasteiger partial charge in [-0.1, -0.05) is 60.7 Å². The second-order valence-electron chi connectivity index (χ2n) is 6.25. The second kappa shape index (κ2) is 4.94. The van der Waals surface area contributed by atoms with Gasteiger partial charge in [-0.05, 0) is 34.0 Å². The Morgan fingerprint density at radius 1 is 0.958 bits per heavy atom. The average molecular weight is 316 g/mol. The van der Waals surface area contributed by atoms with E-state index in [1.807, 2.05) is 42.5 Å². The van der Waals surface area contributed by atoms with Crippen LogP contribution in [0.1, 0.15) is 22.6 Å². The molecule has 1 aliphatic carbocycles. The Morgan fingerprint density at radius 2 is 1.79 bits per heavy atom. The summed E-state index contributed by atoms with van der Waals surface area (Å²) in [4.78, 5) is 0. The summed E-state index contributed by atoms with van der Waals surface area (Å²) in [5.41, 5.74) is 3.12. The van der Waals surface area contributed by atoms with E-state index in [9.17, 15) is 5.11 Å². The Bertz CT molecular complexity index is 976. The number of hydrogen-bond acceptors (Lipinski definition) is 3. The minimum atomic E-state index is -1.41. The molecule has 2 aliphatic rings. The van der Waals surface area contributed by atoms with Crippen molar-refractivity contribution in [2.75, 3.05) is 6.79 Å². The highest BCUT2D eigenvalue weighted by molar-refractivity contribution is 5.89. The summed E-state index contributed by atoms with van der Waals surface area (Å²) in [7, 11) is 0. The summed E-state index contributed by atoms with van der Waals surface area (Å²) in [6.07, 6.45) is 3.65. The van der Waals surface area contributed by atoms with E-state index >= 15 is 0 Å². The Morgan fingerprint density at radius 3 is 2.75 bits per heavy atom. The highest BCUT2D eigenvalue weighted by atomic mass is 16.7. The number of ether oxygens (including phenoxy) is 2. The van der Waals surface area contributed by atoms with Crippen LogP contribution in [0.25, 0.3) is 16.8 Å². The maximum atomic E-state index is 11.2. The first kappa shape index (κ1) is 13.8. The SMILES string of the molecule is OC12C=Cc3ccccc3C1c1c(ccc3ccccc13)OCO2. The maximum absolute atomic E-state index is 11.2. The van der Waals surface area contributed by atoms with Crippen LogP contribution in [0.4, 0.5) is 0 Å². The lowest BCUT2D eigenvalue weighted by molar-refractivity contribution is -0.201. The number of hydrogen-bond donors (Lipinski definition) is 1. The fourth-order valence-electron chi connectivity index (χ4n) is 3.83. The van der Waals surface area contributed by atoms with Crippen LogP contribution in [0, 0.1) is 0 Å². The molecule has 3 aromatic carbocycles. The molecule has 1 heterocycles. The van der Waals surface area contributed by atoms with Crippen molar-refractivity contribution in [2.45, 2.75) is 11.7 Å². The first-order valence-electron chi connectivity index (χ1n) is 8.05. The van der Waals surface area contributed by atoms with Gasteiger partial charge in [0, 0.05) is 5.56 Å². The van der Waals surface area contributed by atoms with Gasteiger partial charge in [-0.2, -0.15) is 0 Å². The summed E-state index contributed by atoms with van der Waals surface area (Å²) >= 11 is 0. The van der Waals surface area contributed by atoms with Gasteiger partial charge in [0.25, 0.3) is 0 Å². The molecule has 0 fully saturated rings. The Kier molecular flexibility index (Phi) is 2.84. The Hall–Kier alpha value is -2.62. The Balaban J connectivity index is 1.89. The molecule has 0 spiro atoms. The van der Waals surface area contributed by atoms with Gasteiger partial charge in [0.1, 0.15) is 5.75 Å². The van der Waals surface area contributed by atoms with E-state index in [-0.39, 0.29) is 12.7 Å². The van der Waals surface area contributed by atoms with Gasteiger partial charge >= 0.3 is 0 Å². The van der Waals surface area contributed by atoms with Gasteiger partial charge in [0.15, 0.2) is 6.79 Å². The predicted molar refractivity (Wildman–Crippen MR) is 92.8 cm³/mol. The highest BCUT2D eigenvalue weighted by Crippen LogP contribution is 2.49. The van der Waals surface area contributed by atoms with E-state index in [0.29, 0.717) is 0 Å². The fraction of sp³-hybridized carbons (Fsp3) is 0.143. The topological polar surface area (TPSA) is 38.7 Å². The highest BCUT2D eigenvalue weighted by Gasteiger charge is 2.45. The molecule has 3 heteroatoms.